The van der Waals surface area contributed by atoms with E-state index in [1.54, 1.807) is 4.90 Å². The molecule has 2 heterocycles. The summed E-state index contributed by atoms with van der Waals surface area (Å²) in [5, 5.41) is 6.58. The summed E-state index contributed by atoms with van der Waals surface area (Å²) in [5.74, 6) is 1.88. The van der Waals surface area contributed by atoms with E-state index < -0.39 is 0 Å². The average molecular weight is 473 g/mol. The predicted octanol–water partition coefficient (Wildman–Crippen LogP) is 5.08. The van der Waals surface area contributed by atoms with Gasteiger partial charge in [0, 0.05) is 49.1 Å². The van der Waals surface area contributed by atoms with Crippen molar-refractivity contribution < 1.29 is 9.59 Å². The number of anilines is 3. The number of thioether (sulfide) groups is 1. The van der Waals surface area contributed by atoms with Crippen LogP contribution in [-0.2, 0) is 4.79 Å². The molecule has 2 aliphatic rings. The molecule has 0 aliphatic carbocycles. The van der Waals surface area contributed by atoms with Gasteiger partial charge in [0.15, 0.2) is 0 Å². The predicted molar refractivity (Wildman–Crippen MR) is 134 cm³/mol. The van der Waals surface area contributed by atoms with Crippen molar-refractivity contribution in [3.63, 3.8) is 0 Å². The Morgan fingerprint density at radius 1 is 1.03 bits per heavy atom. The zero-order chi connectivity index (χ0) is 22.5. The number of halogens is 1. The number of likely N-dealkylation sites (tertiary alicyclic amines) is 1. The van der Waals surface area contributed by atoms with Crippen molar-refractivity contribution in [1.82, 2.24) is 4.90 Å². The zero-order valence-corrected chi connectivity index (χ0v) is 19.8. The SMILES string of the molecule is Cc1cccc(NC(=O)N2CCCC(C(=O)Nc3ccc(N4CCSCC4)c(Cl)c3)C2)c1. The standard InChI is InChI=1S/C24H29ClN4O2S/c1-17-4-2-6-19(14-17)27-24(31)29-9-3-5-18(16-29)23(30)26-20-7-8-22(21(25)15-20)28-10-12-32-13-11-28/h2,4,6-8,14-15,18H,3,5,9-13,16H2,1H3,(H,26,30)(H,27,31). The summed E-state index contributed by atoms with van der Waals surface area (Å²) in [4.78, 5) is 29.6. The van der Waals surface area contributed by atoms with Crippen molar-refractivity contribution in [2.45, 2.75) is 19.8 Å². The number of amides is 3. The van der Waals surface area contributed by atoms with Crippen molar-refractivity contribution in [2.75, 3.05) is 53.2 Å². The van der Waals surface area contributed by atoms with Crippen LogP contribution in [0.25, 0.3) is 0 Å². The monoisotopic (exact) mass is 472 g/mol. The van der Waals surface area contributed by atoms with E-state index in [9.17, 15) is 9.59 Å². The zero-order valence-electron chi connectivity index (χ0n) is 18.3. The van der Waals surface area contributed by atoms with Crippen molar-refractivity contribution in [1.29, 1.82) is 0 Å². The molecule has 2 fully saturated rings. The van der Waals surface area contributed by atoms with E-state index in [-0.39, 0.29) is 17.9 Å². The lowest BCUT2D eigenvalue weighted by molar-refractivity contribution is -0.121. The van der Waals surface area contributed by atoms with Crippen molar-refractivity contribution >= 4 is 52.4 Å². The smallest absolute Gasteiger partial charge is 0.321 e. The highest BCUT2D eigenvalue weighted by atomic mass is 35.5. The first-order chi connectivity index (χ1) is 15.5. The van der Waals surface area contributed by atoms with E-state index in [1.807, 2.05) is 61.2 Å². The third-order valence-corrected chi connectivity index (χ3v) is 7.16. The number of aryl methyl sites for hydroxylation is 1. The second kappa shape index (κ2) is 10.5. The Bertz CT molecular complexity index is 980. The third-order valence-electron chi connectivity index (χ3n) is 5.92. The molecule has 2 aliphatic heterocycles. The van der Waals surface area contributed by atoms with Gasteiger partial charge in [-0.25, -0.2) is 4.79 Å². The van der Waals surface area contributed by atoms with Crippen LogP contribution in [0, 0.1) is 12.8 Å². The van der Waals surface area contributed by atoms with Gasteiger partial charge in [-0.1, -0.05) is 23.7 Å². The van der Waals surface area contributed by atoms with Crippen LogP contribution in [0.2, 0.25) is 5.02 Å². The molecule has 3 amide bonds. The van der Waals surface area contributed by atoms with Gasteiger partial charge in [-0.05, 0) is 55.7 Å². The molecule has 1 unspecified atom stereocenters. The minimum absolute atomic E-state index is 0.0729. The van der Waals surface area contributed by atoms with E-state index in [4.69, 9.17) is 11.6 Å². The molecule has 0 radical (unpaired) electrons. The van der Waals surface area contributed by atoms with Gasteiger partial charge in [-0.2, -0.15) is 11.8 Å². The highest BCUT2D eigenvalue weighted by Gasteiger charge is 2.28. The van der Waals surface area contributed by atoms with Crippen molar-refractivity contribution in [2.24, 2.45) is 5.92 Å². The molecule has 1 atom stereocenters. The first-order valence-corrected chi connectivity index (χ1v) is 12.6. The molecule has 2 saturated heterocycles. The molecule has 2 aromatic rings. The van der Waals surface area contributed by atoms with E-state index >= 15 is 0 Å². The second-order valence-electron chi connectivity index (χ2n) is 8.34. The lowest BCUT2D eigenvalue weighted by Gasteiger charge is -2.32. The number of hydrogen-bond acceptors (Lipinski definition) is 4. The quantitative estimate of drug-likeness (QED) is 0.651. The van der Waals surface area contributed by atoms with Gasteiger partial charge < -0.3 is 20.4 Å². The maximum absolute atomic E-state index is 12.9. The van der Waals surface area contributed by atoms with Crippen LogP contribution in [0.5, 0.6) is 0 Å². The van der Waals surface area contributed by atoms with Gasteiger partial charge >= 0.3 is 6.03 Å². The minimum atomic E-state index is -0.246. The number of nitrogens with one attached hydrogen (secondary N) is 2. The van der Waals surface area contributed by atoms with Crippen LogP contribution in [0.3, 0.4) is 0 Å². The van der Waals surface area contributed by atoms with Gasteiger partial charge in [0.25, 0.3) is 0 Å². The molecule has 4 rings (SSSR count). The fourth-order valence-electron chi connectivity index (χ4n) is 4.19. The van der Waals surface area contributed by atoms with Gasteiger partial charge in [0.1, 0.15) is 0 Å². The first kappa shape index (κ1) is 22.8. The molecule has 0 aromatic heterocycles. The minimum Gasteiger partial charge on any atom is -0.369 e. The maximum atomic E-state index is 12.9. The molecule has 32 heavy (non-hydrogen) atoms. The molecule has 170 valence electrons. The normalized spacial score (nSPS) is 18.9. The van der Waals surface area contributed by atoms with Gasteiger partial charge in [0.05, 0.1) is 16.6 Å². The summed E-state index contributed by atoms with van der Waals surface area (Å²) in [6, 6.07) is 13.3. The lowest BCUT2D eigenvalue weighted by atomic mass is 9.97. The molecule has 8 heteroatoms. The van der Waals surface area contributed by atoms with Crippen LogP contribution in [0.1, 0.15) is 18.4 Å². The highest BCUT2D eigenvalue weighted by Crippen LogP contribution is 2.31. The van der Waals surface area contributed by atoms with Crippen molar-refractivity contribution in [3.05, 3.63) is 53.1 Å². The number of hydrogen-bond donors (Lipinski definition) is 2. The van der Waals surface area contributed by atoms with E-state index in [1.165, 1.54) is 0 Å². The number of urea groups is 1. The maximum Gasteiger partial charge on any atom is 0.321 e. The lowest BCUT2D eigenvalue weighted by Crippen LogP contribution is -2.45. The Kier molecular flexibility index (Phi) is 7.48. The molecule has 6 nitrogen and oxygen atoms in total. The Morgan fingerprint density at radius 2 is 1.81 bits per heavy atom. The van der Waals surface area contributed by atoms with Crippen molar-refractivity contribution in [3.8, 4) is 0 Å². The summed E-state index contributed by atoms with van der Waals surface area (Å²) in [5.41, 5.74) is 3.56. The topological polar surface area (TPSA) is 64.7 Å². The fraction of sp³-hybridized carbons (Fsp3) is 0.417. The Labute approximate surface area is 198 Å². The summed E-state index contributed by atoms with van der Waals surface area (Å²) in [7, 11) is 0. The van der Waals surface area contributed by atoms with Gasteiger partial charge in [-0.15, -0.1) is 0 Å². The largest absolute Gasteiger partial charge is 0.369 e. The van der Waals surface area contributed by atoms with E-state index in [0.717, 1.165) is 54.4 Å². The Hall–Kier alpha value is -2.38. The average Bonchev–Trinajstić information content (AvgIpc) is 2.80. The second-order valence-corrected chi connectivity index (χ2v) is 9.97. The molecular formula is C24H29ClN4O2S. The third kappa shape index (κ3) is 5.70. The van der Waals surface area contributed by atoms with Gasteiger partial charge in [-0.3, -0.25) is 4.79 Å². The summed E-state index contributed by atoms with van der Waals surface area (Å²) in [6.45, 7) is 5.01. The summed E-state index contributed by atoms with van der Waals surface area (Å²) >= 11 is 8.48. The molecular weight excluding hydrogens is 444 g/mol. The molecule has 2 aromatic carbocycles. The van der Waals surface area contributed by atoms with E-state index in [2.05, 4.69) is 15.5 Å². The molecule has 0 spiro atoms. The Balaban J connectivity index is 1.34. The van der Waals surface area contributed by atoms with Gasteiger partial charge in [0.2, 0.25) is 5.91 Å². The van der Waals surface area contributed by atoms with Crippen LogP contribution in [0.15, 0.2) is 42.5 Å². The van der Waals surface area contributed by atoms with Crippen LogP contribution in [-0.4, -0.2) is 54.5 Å². The summed E-state index contributed by atoms with van der Waals surface area (Å²) < 4.78 is 0. The first-order valence-electron chi connectivity index (χ1n) is 11.1. The van der Waals surface area contributed by atoms with E-state index in [0.29, 0.717) is 23.8 Å². The highest BCUT2D eigenvalue weighted by molar-refractivity contribution is 7.99. The summed E-state index contributed by atoms with van der Waals surface area (Å²) in [6.07, 6.45) is 1.56. The number of carbonyl (C=O) groups is 2. The number of carbonyl (C=O) groups excluding carboxylic acids is 2. The molecule has 0 bridgehead atoms. The number of rotatable bonds is 4. The number of piperidine rings is 1. The Morgan fingerprint density at radius 3 is 2.56 bits per heavy atom. The van der Waals surface area contributed by atoms with Crippen LogP contribution < -0.4 is 15.5 Å². The number of benzene rings is 2. The fourth-order valence-corrected chi connectivity index (χ4v) is 5.39. The number of nitrogens with zero attached hydrogens (tertiary/aromatic N) is 2. The molecule has 0 saturated carbocycles. The molecule has 2 N–H and O–H groups in total. The van der Waals surface area contributed by atoms with Crippen LogP contribution >= 0.6 is 23.4 Å². The van der Waals surface area contributed by atoms with Crippen LogP contribution in [0.4, 0.5) is 21.9 Å².